The highest BCUT2D eigenvalue weighted by Crippen LogP contribution is 2.52. The molecule has 1 aliphatic carbocycles. The molecule has 4 rings (SSSR count). The molecule has 3 heterocycles. The van der Waals surface area contributed by atoms with E-state index in [4.69, 9.17) is 0 Å². The Kier molecular flexibility index (Phi) is 3.88. The fourth-order valence-corrected chi connectivity index (χ4v) is 6.28. The van der Waals surface area contributed by atoms with Crippen LogP contribution in [0.2, 0.25) is 0 Å². The fraction of sp³-hybridized carbons (Fsp3) is 0.650. The number of thiophene rings is 1. The summed E-state index contributed by atoms with van der Waals surface area (Å²) in [5.41, 5.74) is 2.94. The Morgan fingerprint density at radius 3 is 2.92 bits per heavy atom. The summed E-state index contributed by atoms with van der Waals surface area (Å²) in [6.45, 7) is 9.99. The van der Waals surface area contributed by atoms with Crippen molar-refractivity contribution in [2.75, 3.05) is 19.6 Å². The summed E-state index contributed by atoms with van der Waals surface area (Å²) in [6, 6.07) is 2.55. The predicted molar refractivity (Wildman–Crippen MR) is 100 cm³/mol. The maximum absolute atomic E-state index is 13.1. The Balaban J connectivity index is 1.55. The van der Waals surface area contributed by atoms with E-state index in [0.717, 1.165) is 38.0 Å². The summed E-state index contributed by atoms with van der Waals surface area (Å²) in [5, 5.41) is 5.41. The molecular formula is C20H28N2OS. The maximum atomic E-state index is 13.1. The third-order valence-corrected chi connectivity index (χ3v) is 6.91. The molecule has 2 bridgehead atoms. The number of carbonyl (C=O) groups is 1. The molecule has 1 N–H and O–H groups in total. The lowest BCUT2D eigenvalue weighted by Gasteiger charge is -2.39. The van der Waals surface area contributed by atoms with E-state index in [1.54, 1.807) is 11.3 Å². The minimum Gasteiger partial charge on any atom is -0.335 e. The van der Waals surface area contributed by atoms with Crippen molar-refractivity contribution in [2.45, 2.75) is 52.5 Å². The molecule has 2 atom stereocenters. The van der Waals surface area contributed by atoms with Crippen molar-refractivity contribution in [2.24, 2.45) is 10.8 Å². The van der Waals surface area contributed by atoms with E-state index in [2.05, 4.69) is 48.5 Å². The molecule has 3 nitrogen and oxygen atoms in total. The Hall–Kier alpha value is -1.13. The van der Waals surface area contributed by atoms with Gasteiger partial charge in [0.05, 0.1) is 5.56 Å². The van der Waals surface area contributed by atoms with Crippen molar-refractivity contribution >= 4 is 22.8 Å². The number of hydrogen-bond acceptors (Lipinski definition) is 3. The topological polar surface area (TPSA) is 32.3 Å². The Labute approximate surface area is 149 Å². The smallest absolute Gasteiger partial charge is 0.254 e. The maximum Gasteiger partial charge on any atom is 0.254 e. The number of carbonyl (C=O) groups excluding carboxylic acids is 1. The van der Waals surface area contributed by atoms with Crippen molar-refractivity contribution in [3.63, 3.8) is 0 Å². The molecule has 1 aromatic rings. The van der Waals surface area contributed by atoms with Crippen molar-refractivity contribution in [3.8, 4) is 0 Å². The van der Waals surface area contributed by atoms with Crippen LogP contribution in [0.4, 0.5) is 0 Å². The molecule has 1 saturated heterocycles. The first-order valence-corrected chi connectivity index (χ1v) is 10.0. The number of fused-ring (bicyclic) bond motifs is 2. The first kappa shape index (κ1) is 16.3. The van der Waals surface area contributed by atoms with E-state index in [0.29, 0.717) is 16.9 Å². The second-order valence-electron chi connectivity index (χ2n) is 9.03. The van der Waals surface area contributed by atoms with E-state index in [1.165, 1.54) is 23.3 Å². The first-order chi connectivity index (χ1) is 11.4. The standard InChI is InChI=1S/C20H28N2OS/c1-19(2)9-16-10-20(3,12-19)13-22(16)18(23)15-8-17(24-11-15)14-4-6-21-7-5-14/h4,8,11,16,21H,5-7,9-10,12-13H2,1-3H3. The zero-order chi connectivity index (χ0) is 16.9. The van der Waals surface area contributed by atoms with Gasteiger partial charge in [-0.3, -0.25) is 4.79 Å². The van der Waals surface area contributed by atoms with Gasteiger partial charge in [-0.2, -0.15) is 0 Å². The SMILES string of the molecule is CC1(C)CC2CC(C)(CN2C(=O)c2csc(C3=CCNCC3)c2)C1. The fourth-order valence-electron chi connectivity index (χ4n) is 5.33. The van der Waals surface area contributed by atoms with Crippen LogP contribution < -0.4 is 5.32 Å². The summed E-state index contributed by atoms with van der Waals surface area (Å²) in [7, 11) is 0. The van der Waals surface area contributed by atoms with Gasteiger partial charge in [0.15, 0.2) is 0 Å². The van der Waals surface area contributed by atoms with Crippen LogP contribution in [-0.4, -0.2) is 36.5 Å². The molecule has 0 aromatic carbocycles. The van der Waals surface area contributed by atoms with Crippen LogP contribution in [0.25, 0.3) is 5.57 Å². The van der Waals surface area contributed by atoms with Crippen LogP contribution in [-0.2, 0) is 0 Å². The lowest BCUT2D eigenvalue weighted by Crippen LogP contribution is -2.37. The molecular weight excluding hydrogens is 316 g/mol. The van der Waals surface area contributed by atoms with E-state index in [-0.39, 0.29) is 5.91 Å². The highest BCUT2D eigenvalue weighted by molar-refractivity contribution is 7.11. The number of amides is 1. The number of likely N-dealkylation sites (tertiary alicyclic amines) is 1. The Morgan fingerprint density at radius 2 is 2.17 bits per heavy atom. The van der Waals surface area contributed by atoms with Crippen LogP contribution >= 0.6 is 11.3 Å². The molecule has 2 unspecified atom stereocenters. The van der Waals surface area contributed by atoms with Gasteiger partial charge < -0.3 is 10.2 Å². The van der Waals surface area contributed by atoms with Gasteiger partial charge >= 0.3 is 0 Å². The lowest BCUT2D eigenvalue weighted by molar-refractivity contribution is 0.0708. The van der Waals surface area contributed by atoms with Crippen LogP contribution in [0.3, 0.4) is 0 Å². The van der Waals surface area contributed by atoms with Crippen molar-refractivity contribution in [1.82, 2.24) is 10.2 Å². The van der Waals surface area contributed by atoms with Gasteiger partial charge in [-0.05, 0) is 54.7 Å². The van der Waals surface area contributed by atoms with Crippen molar-refractivity contribution in [3.05, 3.63) is 28.0 Å². The molecule has 1 aromatic heterocycles. The number of rotatable bonds is 2. The summed E-state index contributed by atoms with van der Waals surface area (Å²) in [4.78, 5) is 16.6. The Morgan fingerprint density at radius 1 is 1.33 bits per heavy atom. The molecule has 0 radical (unpaired) electrons. The molecule has 2 aliphatic heterocycles. The summed E-state index contributed by atoms with van der Waals surface area (Å²) in [6.07, 6.45) is 6.87. The third kappa shape index (κ3) is 2.95. The van der Waals surface area contributed by atoms with Crippen LogP contribution in [0.15, 0.2) is 17.5 Å². The highest BCUT2D eigenvalue weighted by atomic mass is 32.1. The van der Waals surface area contributed by atoms with Crippen LogP contribution in [0.5, 0.6) is 0 Å². The van der Waals surface area contributed by atoms with Gasteiger partial charge in [0.25, 0.3) is 5.91 Å². The first-order valence-electron chi connectivity index (χ1n) is 9.15. The Bertz CT molecular complexity index is 690. The molecule has 24 heavy (non-hydrogen) atoms. The second-order valence-corrected chi connectivity index (χ2v) is 9.94. The minimum atomic E-state index is 0.249. The average molecular weight is 345 g/mol. The van der Waals surface area contributed by atoms with Gasteiger partial charge in [0, 0.05) is 29.4 Å². The van der Waals surface area contributed by atoms with Crippen LogP contribution in [0, 0.1) is 10.8 Å². The minimum absolute atomic E-state index is 0.249. The van der Waals surface area contributed by atoms with E-state index in [1.807, 2.05) is 0 Å². The highest BCUT2D eigenvalue weighted by Gasteiger charge is 2.51. The number of nitrogens with one attached hydrogen (secondary N) is 1. The summed E-state index contributed by atoms with van der Waals surface area (Å²) >= 11 is 1.72. The van der Waals surface area contributed by atoms with Gasteiger partial charge in [-0.1, -0.05) is 26.8 Å². The monoisotopic (exact) mass is 344 g/mol. The molecule has 4 heteroatoms. The molecule has 1 amide bonds. The molecule has 0 spiro atoms. The molecule has 1 saturated carbocycles. The van der Waals surface area contributed by atoms with Gasteiger partial charge in [0.2, 0.25) is 0 Å². The van der Waals surface area contributed by atoms with E-state index < -0.39 is 0 Å². The number of nitrogens with zero attached hydrogens (tertiary/aromatic N) is 1. The molecule has 2 fully saturated rings. The third-order valence-electron chi connectivity index (χ3n) is 5.90. The van der Waals surface area contributed by atoms with Gasteiger partial charge in [-0.25, -0.2) is 0 Å². The van der Waals surface area contributed by atoms with Crippen molar-refractivity contribution < 1.29 is 4.79 Å². The zero-order valence-electron chi connectivity index (χ0n) is 15.0. The molecule has 130 valence electrons. The van der Waals surface area contributed by atoms with Gasteiger partial charge in [-0.15, -0.1) is 11.3 Å². The number of hydrogen-bond donors (Lipinski definition) is 1. The zero-order valence-corrected chi connectivity index (χ0v) is 15.8. The normalized spacial score (nSPS) is 31.9. The predicted octanol–water partition coefficient (Wildman–Crippen LogP) is 4.17. The second kappa shape index (κ2) is 5.70. The quantitative estimate of drug-likeness (QED) is 0.873. The van der Waals surface area contributed by atoms with Gasteiger partial charge in [0.1, 0.15) is 0 Å². The summed E-state index contributed by atoms with van der Waals surface area (Å²) < 4.78 is 0. The molecule has 3 aliphatic rings. The van der Waals surface area contributed by atoms with Crippen molar-refractivity contribution in [1.29, 1.82) is 0 Å². The largest absolute Gasteiger partial charge is 0.335 e. The average Bonchev–Trinajstić information content (AvgIpc) is 3.09. The summed E-state index contributed by atoms with van der Waals surface area (Å²) in [5.74, 6) is 0.249. The lowest BCUT2D eigenvalue weighted by atomic mass is 9.65. The van der Waals surface area contributed by atoms with E-state index in [9.17, 15) is 4.79 Å². The van der Waals surface area contributed by atoms with E-state index >= 15 is 0 Å². The van der Waals surface area contributed by atoms with Crippen LogP contribution in [0.1, 0.15) is 61.7 Å².